The number of amides is 1. The van der Waals surface area contributed by atoms with Gasteiger partial charge < -0.3 is 25.2 Å². The Morgan fingerprint density at radius 1 is 1.23 bits per heavy atom. The SMILES string of the molecule is COc1ccccc1NC(=O)C1=C(C)Nc2ncnn2[C@@H]1c1cc(Br)c(O)c(OC)c1. The van der Waals surface area contributed by atoms with Crippen LogP contribution >= 0.6 is 15.9 Å². The van der Waals surface area contributed by atoms with Crippen LogP contribution < -0.4 is 20.1 Å². The summed E-state index contributed by atoms with van der Waals surface area (Å²) in [4.78, 5) is 17.7. The molecule has 0 unspecified atom stereocenters. The average molecular weight is 486 g/mol. The monoisotopic (exact) mass is 485 g/mol. The van der Waals surface area contributed by atoms with Crippen molar-refractivity contribution in [1.29, 1.82) is 0 Å². The number of methoxy groups -OCH3 is 2. The number of aromatic nitrogens is 3. The van der Waals surface area contributed by atoms with Gasteiger partial charge in [-0.1, -0.05) is 12.1 Å². The Bertz CT molecular complexity index is 1190. The predicted molar refractivity (Wildman–Crippen MR) is 118 cm³/mol. The van der Waals surface area contributed by atoms with Crippen LogP contribution in [0, 0.1) is 0 Å². The van der Waals surface area contributed by atoms with E-state index >= 15 is 0 Å². The Kier molecular flexibility index (Phi) is 5.55. The van der Waals surface area contributed by atoms with E-state index in [0.29, 0.717) is 38.7 Å². The molecule has 160 valence electrons. The molecular weight excluding hydrogens is 466 g/mol. The molecule has 31 heavy (non-hydrogen) atoms. The maximum Gasteiger partial charge on any atom is 0.255 e. The summed E-state index contributed by atoms with van der Waals surface area (Å²) in [7, 11) is 3.01. The number of allylic oxidation sites excluding steroid dienone is 1. The van der Waals surface area contributed by atoms with Crippen molar-refractivity contribution < 1.29 is 19.4 Å². The zero-order chi connectivity index (χ0) is 22.1. The van der Waals surface area contributed by atoms with Gasteiger partial charge in [-0.05, 0) is 52.7 Å². The molecule has 0 saturated carbocycles. The maximum absolute atomic E-state index is 13.4. The molecule has 1 aliphatic heterocycles. The van der Waals surface area contributed by atoms with E-state index in [9.17, 15) is 9.90 Å². The number of rotatable bonds is 5. The van der Waals surface area contributed by atoms with Crippen molar-refractivity contribution in [3.05, 3.63) is 64.0 Å². The van der Waals surface area contributed by atoms with Crippen LogP contribution in [0.3, 0.4) is 0 Å². The van der Waals surface area contributed by atoms with Crippen LogP contribution in [0.2, 0.25) is 0 Å². The highest BCUT2D eigenvalue weighted by Crippen LogP contribution is 2.42. The first kappa shape index (κ1) is 20.7. The van der Waals surface area contributed by atoms with Crippen LogP contribution in [-0.4, -0.2) is 40.0 Å². The molecule has 3 N–H and O–H groups in total. The van der Waals surface area contributed by atoms with Crippen molar-refractivity contribution >= 4 is 33.5 Å². The number of halogens is 1. The van der Waals surface area contributed by atoms with Gasteiger partial charge in [0.1, 0.15) is 18.1 Å². The van der Waals surface area contributed by atoms with Crippen molar-refractivity contribution in [2.45, 2.75) is 13.0 Å². The van der Waals surface area contributed by atoms with Gasteiger partial charge >= 0.3 is 0 Å². The highest BCUT2D eigenvalue weighted by molar-refractivity contribution is 9.10. The Hall–Kier alpha value is -3.53. The van der Waals surface area contributed by atoms with E-state index in [1.54, 1.807) is 43.0 Å². The lowest BCUT2D eigenvalue weighted by molar-refractivity contribution is -0.113. The molecule has 0 bridgehead atoms. The minimum atomic E-state index is -0.612. The van der Waals surface area contributed by atoms with Gasteiger partial charge in [-0.25, -0.2) is 4.68 Å². The second-order valence-electron chi connectivity index (χ2n) is 6.80. The summed E-state index contributed by atoms with van der Waals surface area (Å²) in [5, 5.41) is 20.6. The van der Waals surface area contributed by atoms with E-state index in [4.69, 9.17) is 9.47 Å². The lowest BCUT2D eigenvalue weighted by Gasteiger charge is -2.29. The second kappa shape index (κ2) is 8.31. The predicted octanol–water partition coefficient (Wildman–Crippen LogP) is 3.69. The van der Waals surface area contributed by atoms with Crippen LogP contribution in [0.5, 0.6) is 17.2 Å². The fourth-order valence-electron chi connectivity index (χ4n) is 3.54. The van der Waals surface area contributed by atoms with Gasteiger partial charge in [0.05, 0.1) is 30.0 Å². The molecule has 2 heterocycles. The van der Waals surface area contributed by atoms with Gasteiger partial charge in [0.15, 0.2) is 11.5 Å². The van der Waals surface area contributed by atoms with Crippen molar-refractivity contribution in [1.82, 2.24) is 14.8 Å². The molecule has 9 nitrogen and oxygen atoms in total. The second-order valence-corrected chi connectivity index (χ2v) is 7.66. The minimum Gasteiger partial charge on any atom is -0.503 e. The Morgan fingerprint density at radius 2 is 1.97 bits per heavy atom. The number of carbonyl (C=O) groups is 1. The number of ether oxygens (including phenoxy) is 2. The third-order valence-corrected chi connectivity index (χ3v) is 5.59. The number of nitrogens with zero attached hydrogens (tertiary/aromatic N) is 3. The van der Waals surface area contributed by atoms with Crippen molar-refractivity contribution in [2.24, 2.45) is 0 Å². The zero-order valence-electron chi connectivity index (χ0n) is 17.0. The number of carbonyl (C=O) groups excluding carboxylic acids is 1. The minimum absolute atomic E-state index is 0.0280. The molecular formula is C21H20BrN5O4. The average Bonchev–Trinajstić information content (AvgIpc) is 3.22. The quantitative estimate of drug-likeness (QED) is 0.505. The van der Waals surface area contributed by atoms with E-state index in [1.807, 2.05) is 12.1 Å². The number of benzene rings is 2. The number of hydrogen-bond acceptors (Lipinski definition) is 7. The molecule has 0 radical (unpaired) electrons. The van der Waals surface area contributed by atoms with E-state index in [-0.39, 0.29) is 17.4 Å². The van der Waals surface area contributed by atoms with Gasteiger partial charge in [-0.3, -0.25) is 4.79 Å². The smallest absolute Gasteiger partial charge is 0.255 e. The van der Waals surface area contributed by atoms with E-state index < -0.39 is 6.04 Å². The van der Waals surface area contributed by atoms with Gasteiger partial charge in [-0.15, -0.1) is 0 Å². The highest BCUT2D eigenvalue weighted by atomic mass is 79.9. The highest BCUT2D eigenvalue weighted by Gasteiger charge is 2.34. The summed E-state index contributed by atoms with van der Waals surface area (Å²) in [5.74, 6) is 0.958. The van der Waals surface area contributed by atoms with E-state index in [2.05, 4.69) is 36.6 Å². The van der Waals surface area contributed by atoms with E-state index in [0.717, 1.165) is 0 Å². The summed E-state index contributed by atoms with van der Waals surface area (Å²) in [5.41, 5.74) is 2.28. The first-order valence-corrected chi connectivity index (χ1v) is 10.1. The lowest BCUT2D eigenvalue weighted by Crippen LogP contribution is -2.31. The Morgan fingerprint density at radius 3 is 2.71 bits per heavy atom. The number of phenols is 1. The van der Waals surface area contributed by atoms with Crippen LogP contribution in [0.15, 0.2) is 58.5 Å². The fraction of sp³-hybridized carbons (Fsp3) is 0.190. The summed E-state index contributed by atoms with van der Waals surface area (Å²) in [6, 6.07) is 9.96. The molecule has 10 heteroatoms. The molecule has 1 amide bonds. The molecule has 0 aliphatic carbocycles. The van der Waals surface area contributed by atoms with Crippen molar-refractivity contribution in [3.63, 3.8) is 0 Å². The Labute approximate surface area is 186 Å². The fourth-order valence-corrected chi connectivity index (χ4v) is 4.00. The number of fused-ring (bicyclic) bond motifs is 1. The molecule has 2 aromatic carbocycles. The van der Waals surface area contributed by atoms with Crippen LogP contribution in [0.25, 0.3) is 0 Å². The third kappa shape index (κ3) is 3.70. The Balaban J connectivity index is 1.82. The topological polar surface area (TPSA) is 111 Å². The summed E-state index contributed by atoms with van der Waals surface area (Å²) in [6.07, 6.45) is 1.41. The number of para-hydroxylation sites is 2. The van der Waals surface area contributed by atoms with Crippen LogP contribution in [0.1, 0.15) is 18.5 Å². The molecule has 1 aliphatic rings. The van der Waals surface area contributed by atoms with Gasteiger partial charge in [0.2, 0.25) is 5.95 Å². The van der Waals surface area contributed by atoms with Crippen LogP contribution in [0.4, 0.5) is 11.6 Å². The van der Waals surface area contributed by atoms with Crippen LogP contribution in [-0.2, 0) is 4.79 Å². The molecule has 0 saturated heterocycles. The summed E-state index contributed by atoms with van der Waals surface area (Å²) in [6.45, 7) is 1.80. The van der Waals surface area contributed by atoms with Gasteiger partial charge in [0, 0.05) is 5.70 Å². The van der Waals surface area contributed by atoms with Gasteiger partial charge in [-0.2, -0.15) is 10.1 Å². The summed E-state index contributed by atoms with van der Waals surface area (Å²) < 4.78 is 12.7. The normalized spacial score (nSPS) is 15.2. The van der Waals surface area contributed by atoms with E-state index in [1.165, 1.54) is 13.4 Å². The lowest BCUT2D eigenvalue weighted by atomic mass is 9.94. The zero-order valence-corrected chi connectivity index (χ0v) is 18.6. The van der Waals surface area contributed by atoms with Gasteiger partial charge in [0.25, 0.3) is 5.91 Å². The number of anilines is 2. The molecule has 4 rings (SSSR count). The van der Waals surface area contributed by atoms with Crippen molar-refractivity contribution in [2.75, 3.05) is 24.9 Å². The molecule has 0 fully saturated rings. The number of aromatic hydroxyl groups is 1. The summed E-state index contributed by atoms with van der Waals surface area (Å²) >= 11 is 3.36. The standard InChI is InChI=1S/C21H20BrN5O4/c1-11-17(20(29)26-14-6-4-5-7-15(14)30-2)18(27-21(25-11)23-10-24-27)12-8-13(22)19(28)16(9-12)31-3/h4-10,18,28H,1-3H3,(H,26,29)(H,23,24,25)/t18-/m1/s1. The molecule has 1 atom stereocenters. The molecule has 1 aromatic heterocycles. The van der Waals surface area contributed by atoms with Crippen molar-refractivity contribution in [3.8, 4) is 17.2 Å². The maximum atomic E-state index is 13.4. The molecule has 0 spiro atoms. The number of phenolic OH excluding ortho intramolecular Hbond substituents is 1. The first-order chi connectivity index (χ1) is 14.9. The molecule has 3 aromatic rings. The number of nitrogens with one attached hydrogen (secondary N) is 2. The number of hydrogen-bond donors (Lipinski definition) is 3. The largest absolute Gasteiger partial charge is 0.503 e. The third-order valence-electron chi connectivity index (χ3n) is 4.98. The first-order valence-electron chi connectivity index (χ1n) is 9.32.